The van der Waals surface area contributed by atoms with E-state index in [9.17, 15) is 9.59 Å². The highest BCUT2D eigenvalue weighted by Gasteiger charge is 2.08. The molecule has 168 valence electrons. The molecule has 0 bridgehead atoms. The zero-order valence-electron chi connectivity index (χ0n) is 19.6. The lowest BCUT2D eigenvalue weighted by atomic mass is 10.1. The minimum atomic E-state index is -0.0300. The van der Waals surface area contributed by atoms with E-state index in [1.807, 2.05) is 52.0 Å². The number of aryl methyl sites for hydroxylation is 1. The molecule has 29 heavy (non-hydrogen) atoms. The highest BCUT2D eigenvalue weighted by molar-refractivity contribution is 5.93. The maximum atomic E-state index is 11.1. The van der Waals surface area contributed by atoms with Crippen molar-refractivity contribution in [1.82, 2.24) is 15.5 Å². The summed E-state index contributed by atoms with van der Waals surface area (Å²) in [4.78, 5) is 24.0. The third kappa shape index (κ3) is 15.7. The summed E-state index contributed by atoms with van der Waals surface area (Å²) in [6.45, 7) is 17.2. The molecule has 6 nitrogen and oxygen atoms in total. The van der Waals surface area contributed by atoms with Crippen LogP contribution in [0.25, 0.3) is 0 Å². The minimum Gasteiger partial charge on any atom is -0.379 e. The topological polar surface area (TPSA) is 70.7 Å². The zero-order chi connectivity index (χ0) is 22.5. The van der Waals surface area contributed by atoms with Crippen LogP contribution in [-0.4, -0.2) is 63.2 Å². The van der Waals surface area contributed by atoms with Crippen LogP contribution >= 0.6 is 0 Å². The number of hydrogen-bond acceptors (Lipinski definition) is 4. The lowest BCUT2D eigenvalue weighted by Gasteiger charge is -2.26. The van der Waals surface area contributed by atoms with Gasteiger partial charge in [-0.1, -0.05) is 46.8 Å². The normalized spacial score (nSPS) is 12.7. The number of amides is 2. The van der Waals surface area contributed by atoms with Crippen molar-refractivity contribution < 1.29 is 14.3 Å². The maximum Gasteiger partial charge on any atom is 0.251 e. The van der Waals surface area contributed by atoms with Crippen molar-refractivity contribution in [2.75, 3.05) is 46.4 Å². The summed E-state index contributed by atoms with van der Waals surface area (Å²) in [5, 5.41) is 5.37. The molecule has 0 aliphatic carbocycles. The first-order valence-corrected chi connectivity index (χ1v) is 10.9. The average molecular weight is 410 g/mol. The molecule has 1 aromatic rings. The molecule has 1 aliphatic heterocycles. The molecule has 0 saturated carbocycles. The lowest BCUT2D eigenvalue weighted by Crippen LogP contribution is -2.38. The predicted molar refractivity (Wildman–Crippen MR) is 122 cm³/mol. The number of morpholine rings is 1. The third-order valence-electron chi connectivity index (χ3n) is 3.98. The van der Waals surface area contributed by atoms with Gasteiger partial charge in [0.15, 0.2) is 0 Å². The fourth-order valence-electron chi connectivity index (χ4n) is 2.43. The number of nitrogens with zero attached hydrogens (tertiary/aromatic N) is 1. The number of carbonyl (C=O) groups excluding carboxylic acids is 2. The molecule has 0 radical (unpaired) electrons. The van der Waals surface area contributed by atoms with E-state index in [0.29, 0.717) is 0 Å². The van der Waals surface area contributed by atoms with Crippen LogP contribution in [0.3, 0.4) is 0 Å². The zero-order valence-corrected chi connectivity index (χ0v) is 19.6. The van der Waals surface area contributed by atoms with Gasteiger partial charge in [-0.2, -0.15) is 0 Å². The Morgan fingerprint density at radius 3 is 2.03 bits per heavy atom. The highest BCUT2D eigenvalue weighted by Crippen LogP contribution is 2.04. The van der Waals surface area contributed by atoms with E-state index in [4.69, 9.17) is 4.74 Å². The molecule has 2 amide bonds. The fourth-order valence-corrected chi connectivity index (χ4v) is 2.43. The number of benzene rings is 1. The van der Waals surface area contributed by atoms with Crippen molar-refractivity contribution in [1.29, 1.82) is 0 Å². The van der Waals surface area contributed by atoms with Crippen LogP contribution in [-0.2, 0) is 16.0 Å². The number of carbonyl (C=O) groups is 2. The van der Waals surface area contributed by atoms with E-state index in [1.54, 1.807) is 14.0 Å². The molecule has 2 N–H and O–H groups in total. The predicted octanol–water partition coefficient (Wildman–Crippen LogP) is 3.51. The van der Waals surface area contributed by atoms with Gasteiger partial charge in [-0.15, -0.1) is 0 Å². The Kier molecular flexibility index (Phi) is 21.0. The number of hydrogen-bond donors (Lipinski definition) is 2. The van der Waals surface area contributed by atoms with E-state index in [1.165, 1.54) is 5.56 Å². The van der Waals surface area contributed by atoms with Crippen LogP contribution in [0, 0.1) is 0 Å². The molecule has 1 heterocycles. The second kappa shape index (κ2) is 20.8. The van der Waals surface area contributed by atoms with Crippen molar-refractivity contribution in [2.45, 2.75) is 54.4 Å². The van der Waals surface area contributed by atoms with Gasteiger partial charge in [0.25, 0.3) is 5.91 Å². The first-order chi connectivity index (χ1) is 14.1. The van der Waals surface area contributed by atoms with E-state index in [-0.39, 0.29) is 11.8 Å². The monoisotopic (exact) mass is 409 g/mol. The average Bonchev–Trinajstić information content (AvgIpc) is 2.80. The number of nitrogens with one attached hydrogen (secondary N) is 2. The van der Waals surface area contributed by atoms with Crippen LogP contribution in [0.4, 0.5) is 0 Å². The Balaban J connectivity index is 0. The van der Waals surface area contributed by atoms with Gasteiger partial charge in [-0.25, -0.2) is 0 Å². The van der Waals surface area contributed by atoms with Crippen molar-refractivity contribution in [3.05, 3.63) is 35.4 Å². The number of ether oxygens (including phenoxy) is 1. The van der Waals surface area contributed by atoms with Gasteiger partial charge in [0, 0.05) is 39.2 Å². The lowest BCUT2D eigenvalue weighted by molar-refractivity contribution is -0.118. The van der Waals surface area contributed by atoms with Crippen LogP contribution in [0.1, 0.15) is 63.9 Å². The van der Waals surface area contributed by atoms with Gasteiger partial charge in [0.2, 0.25) is 5.91 Å². The van der Waals surface area contributed by atoms with E-state index in [2.05, 4.69) is 22.5 Å². The van der Waals surface area contributed by atoms with Gasteiger partial charge in [0.1, 0.15) is 0 Å². The summed E-state index contributed by atoms with van der Waals surface area (Å²) in [6, 6.07) is 7.64. The molecule has 1 fully saturated rings. The van der Waals surface area contributed by atoms with Gasteiger partial charge in [0.05, 0.1) is 13.2 Å². The minimum absolute atomic E-state index is 0.0300. The quantitative estimate of drug-likeness (QED) is 0.706. The first-order valence-electron chi connectivity index (χ1n) is 10.9. The van der Waals surface area contributed by atoms with Crippen molar-refractivity contribution in [2.24, 2.45) is 0 Å². The summed E-state index contributed by atoms with van der Waals surface area (Å²) < 4.78 is 5.23. The SMILES string of the molecule is CC.CC.CC(=O)NCCCN1CCOCC1.CCc1ccc(C(=O)NC)cc1. The van der Waals surface area contributed by atoms with Crippen molar-refractivity contribution in [3.63, 3.8) is 0 Å². The van der Waals surface area contributed by atoms with Gasteiger partial charge in [-0.3, -0.25) is 14.5 Å². The molecule has 0 unspecified atom stereocenters. The molecular formula is C23H43N3O3. The largest absolute Gasteiger partial charge is 0.379 e. The van der Waals surface area contributed by atoms with E-state index >= 15 is 0 Å². The second-order valence-electron chi connectivity index (χ2n) is 5.92. The van der Waals surface area contributed by atoms with Crippen LogP contribution in [0.5, 0.6) is 0 Å². The Hall–Kier alpha value is -1.92. The molecular weight excluding hydrogens is 366 g/mol. The summed E-state index contributed by atoms with van der Waals surface area (Å²) in [5.41, 5.74) is 1.97. The molecule has 0 aromatic heterocycles. The Labute approximate surface area is 178 Å². The second-order valence-corrected chi connectivity index (χ2v) is 5.92. The van der Waals surface area contributed by atoms with Crippen molar-refractivity contribution in [3.8, 4) is 0 Å². The van der Waals surface area contributed by atoms with Crippen LogP contribution in [0.2, 0.25) is 0 Å². The van der Waals surface area contributed by atoms with E-state index in [0.717, 1.165) is 57.8 Å². The molecule has 1 aromatic carbocycles. The molecule has 1 aliphatic rings. The first kappa shape index (κ1) is 29.3. The summed E-state index contributed by atoms with van der Waals surface area (Å²) >= 11 is 0. The van der Waals surface area contributed by atoms with Gasteiger partial charge >= 0.3 is 0 Å². The molecule has 2 rings (SSSR count). The fraction of sp³-hybridized carbons (Fsp3) is 0.652. The van der Waals surface area contributed by atoms with Gasteiger partial charge in [-0.05, 0) is 37.1 Å². The summed E-state index contributed by atoms with van der Waals surface area (Å²) in [6.07, 6.45) is 2.04. The maximum absolute atomic E-state index is 11.1. The molecule has 6 heteroatoms. The molecule has 0 spiro atoms. The van der Waals surface area contributed by atoms with Gasteiger partial charge < -0.3 is 15.4 Å². The van der Waals surface area contributed by atoms with Crippen LogP contribution in [0.15, 0.2) is 24.3 Å². The molecule has 0 atom stereocenters. The van der Waals surface area contributed by atoms with E-state index < -0.39 is 0 Å². The summed E-state index contributed by atoms with van der Waals surface area (Å²) in [5.74, 6) is 0.0274. The molecule has 1 saturated heterocycles. The standard InChI is InChI=1S/C10H13NO.C9H18N2O2.2C2H6/c1-3-8-4-6-9(7-5-8)10(12)11-2;1-9(12)10-3-2-4-11-5-7-13-8-6-11;2*1-2/h4-7H,3H2,1-2H3,(H,11,12);2-8H2,1H3,(H,10,12);2*1-2H3. The smallest absolute Gasteiger partial charge is 0.251 e. The summed E-state index contributed by atoms with van der Waals surface area (Å²) in [7, 11) is 1.63. The Bertz CT molecular complexity index is 513. The number of rotatable bonds is 6. The Morgan fingerprint density at radius 1 is 1.03 bits per heavy atom. The Morgan fingerprint density at radius 2 is 1.59 bits per heavy atom. The van der Waals surface area contributed by atoms with Crippen molar-refractivity contribution >= 4 is 11.8 Å². The van der Waals surface area contributed by atoms with Crippen LogP contribution < -0.4 is 10.6 Å². The highest BCUT2D eigenvalue weighted by atomic mass is 16.5. The third-order valence-corrected chi connectivity index (χ3v) is 3.98.